The lowest BCUT2D eigenvalue weighted by Crippen LogP contribution is -2.00. The Morgan fingerprint density at radius 2 is 1.43 bits per heavy atom. The van der Waals surface area contributed by atoms with Crippen LogP contribution < -0.4 is 5.63 Å². The third-order valence-electron chi connectivity index (χ3n) is 3.73. The first-order chi connectivity index (χ1) is 10.3. The van der Waals surface area contributed by atoms with Gasteiger partial charge in [-0.1, -0.05) is 60.7 Å². The fourth-order valence-corrected chi connectivity index (χ4v) is 2.69. The molecule has 0 atom stereocenters. The summed E-state index contributed by atoms with van der Waals surface area (Å²) >= 11 is 0. The zero-order valence-electron chi connectivity index (χ0n) is 11.2. The summed E-state index contributed by atoms with van der Waals surface area (Å²) in [6, 6.07) is 23.5. The highest BCUT2D eigenvalue weighted by Crippen LogP contribution is 2.27. The molecule has 0 fully saturated rings. The van der Waals surface area contributed by atoms with Gasteiger partial charge in [0.2, 0.25) is 0 Å². The van der Waals surface area contributed by atoms with Gasteiger partial charge in [0.15, 0.2) is 0 Å². The van der Waals surface area contributed by atoms with Crippen molar-refractivity contribution in [3.05, 3.63) is 83.2 Å². The molecule has 0 aliphatic rings. The largest absolute Gasteiger partial charge is 0.422 e. The second-order valence-electron chi connectivity index (χ2n) is 5.01. The van der Waals surface area contributed by atoms with Gasteiger partial charge >= 0.3 is 5.63 Å². The van der Waals surface area contributed by atoms with Crippen molar-refractivity contribution in [3.8, 4) is 11.3 Å². The maximum Gasteiger partial charge on any atom is 0.344 e. The topological polar surface area (TPSA) is 30.2 Å². The number of hydrogen-bond donors (Lipinski definition) is 0. The molecule has 0 bridgehead atoms. The Labute approximate surface area is 121 Å². The van der Waals surface area contributed by atoms with E-state index < -0.39 is 0 Å². The highest BCUT2D eigenvalue weighted by atomic mass is 16.4. The maximum absolute atomic E-state index is 12.2. The fourth-order valence-electron chi connectivity index (χ4n) is 2.69. The van der Waals surface area contributed by atoms with Gasteiger partial charge in [0.05, 0.1) is 5.39 Å². The standard InChI is InChI=1S/C19H12O2/c20-19-16-11-10-13-6-4-5-9-15(13)17(16)12-18(21-19)14-7-2-1-3-8-14/h1-12H. The minimum absolute atomic E-state index is 0.294. The minimum Gasteiger partial charge on any atom is -0.422 e. The molecule has 0 spiro atoms. The molecule has 0 saturated heterocycles. The smallest absolute Gasteiger partial charge is 0.344 e. The van der Waals surface area contributed by atoms with Crippen LogP contribution >= 0.6 is 0 Å². The van der Waals surface area contributed by atoms with Gasteiger partial charge in [-0.3, -0.25) is 0 Å². The molecule has 0 N–H and O–H groups in total. The second-order valence-corrected chi connectivity index (χ2v) is 5.01. The van der Waals surface area contributed by atoms with Crippen LogP contribution in [0.15, 0.2) is 82.0 Å². The zero-order chi connectivity index (χ0) is 14.2. The Kier molecular flexibility index (Phi) is 2.61. The molecule has 0 radical (unpaired) electrons. The third kappa shape index (κ3) is 1.93. The van der Waals surface area contributed by atoms with Gasteiger partial charge < -0.3 is 4.42 Å². The normalized spacial score (nSPS) is 11.0. The van der Waals surface area contributed by atoms with Crippen LogP contribution in [0.4, 0.5) is 0 Å². The highest BCUT2D eigenvalue weighted by Gasteiger charge is 2.08. The lowest BCUT2D eigenvalue weighted by atomic mass is 10.0. The Morgan fingerprint density at radius 3 is 2.29 bits per heavy atom. The van der Waals surface area contributed by atoms with E-state index >= 15 is 0 Å². The summed E-state index contributed by atoms with van der Waals surface area (Å²) in [7, 11) is 0. The quantitative estimate of drug-likeness (QED) is 0.473. The molecule has 0 aliphatic carbocycles. The van der Waals surface area contributed by atoms with Crippen molar-refractivity contribution in [2.75, 3.05) is 0 Å². The molecule has 1 aromatic heterocycles. The molecule has 0 unspecified atom stereocenters. The molecule has 0 aliphatic heterocycles. The van der Waals surface area contributed by atoms with Gasteiger partial charge in [0.25, 0.3) is 0 Å². The van der Waals surface area contributed by atoms with Crippen molar-refractivity contribution in [2.45, 2.75) is 0 Å². The first-order valence-corrected chi connectivity index (χ1v) is 6.84. The predicted molar refractivity (Wildman–Crippen MR) is 85.4 cm³/mol. The number of benzene rings is 3. The Balaban J connectivity index is 2.13. The molecule has 21 heavy (non-hydrogen) atoms. The number of rotatable bonds is 1. The van der Waals surface area contributed by atoms with Crippen LogP contribution in [0.5, 0.6) is 0 Å². The first kappa shape index (κ1) is 11.9. The van der Waals surface area contributed by atoms with Crippen LogP contribution in [0.3, 0.4) is 0 Å². The zero-order valence-corrected chi connectivity index (χ0v) is 11.2. The maximum atomic E-state index is 12.2. The monoisotopic (exact) mass is 272 g/mol. The number of fused-ring (bicyclic) bond motifs is 3. The van der Waals surface area contributed by atoms with Gasteiger partial charge in [-0.2, -0.15) is 0 Å². The van der Waals surface area contributed by atoms with E-state index in [-0.39, 0.29) is 5.63 Å². The molecule has 2 nitrogen and oxygen atoms in total. The molecule has 2 heteroatoms. The van der Waals surface area contributed by atoms with E-state index in [0.717, 1.165) is 21.7 Å². The van der Waals surface area contributed by atoms with Gasteiger partial charge in [0.1, 0.15) is 5.76 Å². The molecule has 4 rings (SSSR count). The summed E-state index contributed by atoms with van der Waals surface area (Å²) in [5.74, 6) is 0.601. The predicted octanol–water partition coefficient (Wildman–Crippen LogP) is 4.61. The lowest BCUT2D eigenvalue weighted by molar-refractivity contribution is 0.535. The van der Waals surface area contributed by atoms with Crippen LogP contribution in [-0.4, -0.2) is 0 Å². The van der Waals surface area contributed by atoms with E-state index in [4.69, 9.17) is 4.42 Å². The molecule has 4 aromatic rings. The molecular formula is C19H12O2. The van der Waals surface area contributed by atoms with Crippen molar-refractivity contribution in [1.29, 1.82) is 0 Å². The first-order valence-electron chi connectivity index (χ1n) is 6.84. The van der Waals surface area contributed by atoms with Crippen molar-refractivity contribution in [1.82, 2.24) is 0 Å². The van der Waals surface area contributed by atoms with Gasteiger partial charge in [0, 0.05) is 10.9 Å². The summed E-state index contributed by atoms with van der Waals surface area (Å²) < 4.78 is 5.47. The van der Waals surface area contributed by atoms with Crippen LogP contribution in [0.2, 0.25) is 0 Å². The molecule has 100 valence electrons. The number of hydrogen-bond acceptors (Lipinski definition) is 2. The molecule has 1 heterocycles. The Morgan fingerprint density at radius 1 is 0.667 bits per heavy atom. The van der Waals surface area contributed by atoms with E-state index in [1.165, 1.54) is 0 Å². The molecule has 0 amide bonds. The van der Waals surface area contributed by atoms with Gasteiger partial charge in [-0.05, 0) is 22.9 Å². The van der Waals surface area contributed by atoms with Crippen molar-refractivity contribution in [3.63, 3.8) is 0 Å². The van der Waals surface area contributed by atoms with E-state index in [1.807, 2.05) is 72.8 Å². The molecule has 3 aromatic carbocycles. The van der Waals surface area contributed by atoms with E-state index in [1.54, 1.807) is 0 Å². The Bertz CT molecular complexity index is 998. The average molecular weight is 272 g/mol. The lowest BCUT2D eigenvalue weighted by Gasteiger charge is -2.05. The second kappa shape index (κ2) is 4.60. The van der Waals surface area contributed by atoms with E-state index in [2.05, 4.69) is 0 Å². The molecule has 0 saturated carbocycles. The Hall–Kier alpha value is -2.87. The fraction of sp³-hybridized carbons (Fsp3) is 0. The summed E-state index contributed by atoms with van der Waals surface area (Å²) in [6.07, 6.45) is 0. The van der Waals surface area contributed by atoms with Crippen molar-refractivity contribution >= 4 is 21.5 Å². The van der Waals surface area contributed by atoms with E-state index in [9.17, 15) is 4.79 Å². The van der Waals surface area contributed by atoms with Gasteiger partial charge in [-0.15, -0.1) is 0 Å². The summed E-state index contributed by atoms with van der Waals surface area (Å²) in [5, 5.41) is 3.74. The third-order valence-corrected chi connectivity index (χ3v) is 3.73. The van der Waals surface area contributed by atoms with Crippen LogP contribution in [0.1, 0.15) is 0 Å². The van der Waals surface area contributed by atoms with Gasteiger partial charge in [-0.25, -0.2) is 4.79 Å². The summed E-state index contributed by atoms with van der Waals surface area (Å²) in [4.78, 5) is 12.2. The van der Waals surface area contributed by atoms with Crippen LogP contribution in [-0.2, 0) is 0 Å². The highest BCUT2D eigenvalue weighted by molar-refractivity contribution is 6.07. The average Bonchev–Trinajstić information content (AvgIpc) is 2.55. The summed E-state index contributed by atoms with van der Waals surface area (Å²) in [5.41, 5.74) is 0.613. The van der Waals surface area contributed by atoms with Crippen molar-refractivity contribution in [2.24, 2.45) is 0 Å². The van der Waals surface area contributed by atoms with Crippen LogP contribution in [0.25, 0.3) is 32.9 Å². The SMILES string of the molecule is O=c1oc(-c2ccccc2)cc2c1ccc1ccccc12. The van der Waals surface area contributed by atoms with Crippen molar-refractivity contribution < 1.29 is 4.42 Å². The summed E-state index contributed by atoms with van der Waals surface area (Å²) in [6.45, 7) is 0. The van der Waals surface area contributed by atoms with Crippen LogP contribution in [0, 0.1) is 0 Å². The minimum atomic E-state index is -0.294. The van der Waals surface area contributed by atoms with E-state index in [0.29, 0.717) is 11.1 Å². The molecular weight excluding hydrogens is 260 g/mol.